The van der Waals surface area contributed by atoms with Gasteiger partial charge < -0.3 is 5.11 Å². The maximum absolute atomic E-state index is 11.4. The first-order valence-electron chi connectivity index (χ1n) is 15.1. The van der Waals surface area contributed by atoms with Crippen molar-refractivity contribution in [1.29, 1.82) is 0 Å². The molecular weight excluding hydrogens is 683 g/mol. The number of nitrogens with zero attached hydrogens (tertiary/aromatic N) is 2. The van der Waals surface area contributed by atoms with Crippen molar-refractivity contribution >= 4 is 0 Å². The van der Waals surface area contributed by atoms with Crippen LogP contribution in [-0.4, -0.2) is 15.1 Å². The van der Waals surface area contributed by atoms with Gasteiger partial charge in [-0.1, -0.05) is 114 Å². The van der Waals surface area contributed by atoms with E-state index in [0.717, 1.165) is 22.3 Å². The second kappa shape index (κ2) is 11.7. The van der Waals surface area contributed by atoms with Crippen LogP contribution in [0.3, 0.4) is 0 Å². The second-order valence-corrected chi connectivity index (χ2v) is 12.3. The minimum atomic E-state index is -2.35. The molecule has 0 atom stereocenters. The summed E-state index contributed by atoms with van der Waals surface area (Å²) in [5, 5.41) is 11.4. The molecule has 0 radical (unpaired) electrons. The molecule has 0 unspecified atom stereocenters. The Hall–Kier alpha value is -3.55. The first-order valence-corrected chi connectivity index (χ1v) is 13.6. The van der Waals surface area contributed by atoms with E-state index in [1.165, 1.54) is 0 Å². The monoisotopic (exact) mass is 723 g/mol. The second-order valence-electron chi connectivity index (χ2n) is 12.3. The Balaban J connectivity index is 0.00000442. The van der Waals surface area contributed by atoms with Crippen molar-refractivity contribution in [2.24, 2.45) is 0 Å². The fourth-order valence-electron chi connectivity index (χ4n) is 4.79. The van der Waals surface area contributed by atoms with E-state index in [1.54, 1.807) is 18.3 Å². The van der Waals surface area contributed by atoms with Crippen LogP contribution < -0.4 is 0 Å². The van der Waals surface area contributed by atoms with Gasteiger partial charge in [0.05, 0.1) is 5.69 Å². The van der Waals surface area contributed by atoms with Crippen LogP contribution in [0, 0.1) is 12.9 Å². The number of aromatic nitrogens is 2. The first kappa shape index (κ1) is 26.4. The van der Waals surface area contributed by atoms with Crippen LogP contribution in [0.4, 0.5) is 0 Å². The van der Waals surface area contributed by atoms with E-state index in [4.69, 9.17) is 9.10 Å². The number of benzene rings is 3. The summed E-state index contributed by atoms with van der Waals surface area (Å²) in [6, 6.07) is 30.2. The molecule has 0 spiro atoms. The van der Waals surface area contributed by atoms with Crippen LogP contribution in [0.25, 0.3) is 44.9 Å². The number of rotatable bonds is 4. The number of pyridine rings is 2. The fraction of sp³-hybridized carbons (Fsp3) is 0.243. The Morgan fingerprint density at radius 2 is 1.46 bits per heavy atom. The molecule has 5 aromatic rings. The minimum Gasteiger partial charge on any atom is -0.507 e. The maximum atomic E-state index is 11.4. The van der Waals surface area contributed by atoms with E-state index in [0.29, 0.717) is 33.8 Å². The van der Waals surface area contributed by atoms with Crippen LogP contribution in [-0.2, 0) is 31.9 Å². The molecule has 0 amide bonds. The van der Waals surface area contributed by atoms with Crippen LogP contribution in [0.15, 0.2) is 91.1 Å². The summed E-state index contributed by atoms with van der Waals surface area (Å²) in [7, 11) is 0. The van der Waals surface area contributed by atoms with Gasteiger partial charge in [0.1, 0.15) is 5.75 Å². The van der Waals surface area contributed by atoms with E-state index < -0.39 is 6.85 Å². The molecule has 0 saturated heterocycles. The molecular formula is C37H37N2OPt-. The molecule has 0 aliphatic rings. The van der Waals surface area contributed by atoms with Crippen LogP contribution in [0.1, 0.15) is 62.3 Å². The van der Waals surface area contributed by atoms with Gasteiger partial charge in [-0.25, -0.2) is 0 Å². The molecule has 4 heteroatoms. The Labute approximate surface area is 263 Å². The smallest absolute Gasteiger partial charge is 0.128 e. The fourth-order valence-corrected chi connectivity index (χ4v) is 4.79. The van der Waals surface area contributed by atoms with Gasteiger partial charge in [-0.3, -0.25) is 9.97 Å². The summed E-state index contributed by atoms with van der Waals surface area (Å²) in [5.74, 6) is 0.217. The summed E-state index contributed by atoms with van der Waals surface area (Å²) < 4.78 is 24.6. The molecule has 0 bridgehead atoms. The topological polar surface area (TPSA) is 46.0 Å². The average Bonchev–Trinajstić information content (AvgIpc) is 2.96. The third-order valence-corrected chi connectivity index (χ3v) is 7.15. The van der Waals surface area contributed by atoms with Crippen molar-refractivity contribution < 1.29 is 30.3 Å². The number of hydrogen-bond donors (Lipinski definition) is 1. The summed E-state index contributed by atoms with van der Waals surface area (Å²) in [4.78, 5) is 9.51. The normalized spacial score (nSPS) is 13.1. The van der Waals surface area contributed by atoms with Gasteiger partial charge >= 0.3 is 0 Å². The van der Waals surface area contributed by atoms with Gasteiger partial charge in [-0.05, 0) is 45.7 Å². The van der Waals surface area contributed by atoms with Gasteiger partial charge in [0.15, 0.2) is 0 Å². The molecule has 212 valence electrons. The van der Waals surface area contributed by atoms with E-state index in [-0.39, 0.29) is 43.2 Å². The van der Waals surface area contributed by atoms with Crippen LogP contribution in [0.5, 0.6) is 5.75 Å². The molecule has 3 nitrogen and oxygen atoms in total. The number of aromatic hydroxyl groups is 1. The van der Waals surface area contributed by atoms with Crippen LogP contribution in [0.2, 0.25) is 0 Å². The number of phenols is 1. The van der Waals surface area contributed by atoms with Gasteiger partial charge in [0, 0.05) is 53.9 Å². The Kier molecular flexibility index (Phi) is 7.55. The Bertz CT molecular complexity index is 1790. The zero-order chi connectivity index (χ0) is 31.2. The van der Waals surface area contributed by atoms with Crippen molar-refractivity contribution in [3.05, 3.63) is 114 Å². The summed E-state index contributed by atoms with van der Waals surface area (Å²) in [6.45, 7) is 10.4. The van der Waals surface area contributed by atoms with Crippen molar-refractivity contribution in [3.8, 4) is 50.6 Å². The Morgan fingerprint density at radius 1 is 0.732 bits per heavy atom. The predicted molar refractivity (Wildman–Crippen MR) is 166 cm³/mol. The molecule has 0 fully saturated rings. The minimum absolute atomic E-state index is 0. The first-order chi connectivity index (χ1) is 20.1. The van der Waals surface area contributed by atoms with E-state index in [2.05, 4.69) is 58.7 Å². The summed E-state index contributed by atoms with van der Waals surface area (Å²) in [6.07, 6.45) is 1.69. The third-order valence-electron chi connectivity index (χ3n) is 7.15. The summed E-state index contributed by atoms with van der Waals surface area (Å²) >= 11 is 0. The van der Waals surface area contributed by atoms with E-state index in [1.807, 2.05) is 66.7 Å². The molecule has 0 aliphatic carbocycles. The zero-order valence-corrected chi connectivity index (χ0v) is 26.6. The van der Waals surface area contributed by atoms with Crippen molar-refractivity contribution in [1.82, 2.24) is 9.97 Å². The van der Waals surface area contributed by atoms with Gasteiger partial charge in [-0.15, -0.1) is 23.8 Å². The van der Waals surface area contributed by atoms with Crippen molar-refractivity contribution in [2.75, 3.05) is 0 Å². The van der Waals surface area contributed by atoms with E-state index in [9.17, 15) is 5.11 Å². The van der Waals surface area contributed by atoms with Gasteiger partial charge in [-0.2, -0.15) is 0 Å². The largest absolute Gasteiger partial charge is 0.507 e. The third kappa shape index (κ3) is 6.52. The molecule has 41 heavy (non-hydrogen) atoms. The average molecular weight is 724 g/mol. The summed E-state index contributed by atoms with van der Waals surface area (Å²) in [5.41, 5.74) is 7.18. The maximum Gasteiger partial charge on any atom is 0.128 e. The van der Waals surface area contributed by atoms with E-state index >= 15 is 0 Å². The van der Waals surface area contributed by atoms with Crippen molar-refractivity contribution in [2.45, 2.75) is 59.2 Å². The molecule has 0 aliphatic heterocycles. The van der Waals surface area contributed by atoms with Gasteiger partial charge in [0.2, 0.25) is 0 Å². The molecule has 2 aromatic heterocycles. The van der Waals surface area contributed by atoms with Crippen LogP contribution >= 0.6 is 0 Å². The molecule has 3 aromatic carbocycles. The van der Waals surface area contributed by atoms with Crippen molar-refractivity contribution in [3.63, 3.8) is 0 Å². The molecule has 0 saturated carbocycles. The standard InChI is InChI=1S/C37H37N2O.Pt/c1-24-16-17-27(20-29(24)34-21-26(18-19-38-34)25-12-9-8-10-13-25)32-14-11-15-33(39-32)30-22-28(36(2,3)4)23-31(35(30)40)37(5,6)7;/h8-19,21-23,40H,1-7H3;/q-1;/i1D3;. The zero-order valence-electron chi connectivity index (χ0n) is 27.3. The quantitative estimate of drug-likeness (QED) is 0.188. The molecule has 1 N–H and O–H groups in total. The number of aryl methyl sites for hydroxylation is 1. The Morgan fingerprint density at radius 3 is 2.15 bits per heavy atom. The molecule has 2 heterocycles. The number of phenolic OH excluding ortho intramolecular Hbond substituents is 1. The SMILES string of the molecule is [2H]C([2H])([2H])c1ccc(-c2cccc(-c3cc(C(C)(C)C)cc(C(C)(C)C)c3O)n2)[c-]c1-c1cc(-c2ccccc2)ccn1.[Pt]. The predicted octanol–water partition coefficient (Wildman–Crippen LogP) is 9.55. The van der Waals surface area contributed by atoms with Gasteiger partial charge in [0.25, 0.3) is 0 Å². The number of hydrogen-bond acceptors (Lipinski definition) is 3. The molecule has 5 rings (SSSR count).